The van der Waals surface area contributed by atoms with Crippen molar-refractivity contribution in [3.63, 3.8) is 0 Å². The molecule has 1 aromatic heterocycles. The monoisotopic (exact) mass is 380 g/mol. The van der Waals surface area contributed by atoms with Crippen molar-refractivity contribution in [1.82, 2.24) is 4.98 Å². The Bertz CT molecular complexity index is 858. The summed E-state index contributed by atoms with van der Waals surface area (Å²) in [6, 6.07) is 8.95. The van der Waals surface area contributed by atoms with Gasteiger partial charge in [-0.25, -0.2) is 13.4 Å². The number of Topliss-reactive ketones (excluding diaryl/α,β-unsaturated/α-hetero) is 1. The molecule has 0 aliphatic rings. The smallest absolute Gasteiger partial charge is 0.226 e. The number of aromatic nitrogens is 1. The molecule has 0 fully saturated rings. The van der Waals surface area contributed by atoms with E-state index in [0.717, 1.165) is 16.9 Å². The molecule has 1 N–H and O–H groups in total. The second kappa shape index (κ2) is 8.35. The molecular formula is C17H20N2O4S2. The minimum absolute atomic E-state index is 0.0247. The lowest BCUT2D eigenvalue weighted by atomic mass is 10.2. The first-order chi connectivity index (χ1) is 11.8. The van der Waals surface area contributed by atoms with Gasteiger partial charge in [0, 0.05) is 13.3 Å². The van der Waals surface area contributed by atoms with Crippen molar-refractivity contribution >= 4 is 38.0 Å². The first kappa shape index (κ1) is 19.3. The maximum Gasteiger partial charge on any atom is 0.226 e. The fourth-order valence-electron chi connectivity index (χ4n) is 2.31. The van der Waals surface area contributed by atoms with Gasteiger partial charge in [0.05, 0.1) is 22.1 Å². The van der Waals surface area contributed by atoms with Gasteiger partial charge in [-0.3, -0.25) is 9.59 Å². The zero-order chi connectivity index (χ0) is 18.4. The van der Waals surface area contributed by atoms with E-state index in [-0.39, 0.29) is 36.0 Å². The highest BCUT2D eigenvalue weighted by Crippen LogP contribution is 2.23. The van der Waals surface area contributed by atoms with Crippen LogP contribution in [-0.2, 0) is 20.4 Å². The third-order valence-electron chi connectivity index (χ3n) is 3.45. The van der Waals surface area contributed by atoms with Crippen molar-refractivity contribution in [2.24, 2.45) is 0 Å². The Kier molecular flexibility index (Phi) is 6.44. The molecule has 134 valence electrons. The number of amides is 1. The van der Waals surface area contributed by atoms with E-state index in [2.05, 4.69) is 10.3 Å². The lowest BCUT2D eigenvalue weighted by Crippen LogP contribution is -2.15. The second-order valence-electron chi connectivity index (χ2n) is 5.72. The molecule has 0 atom stereocenters. The number of nitrogens with zero attached hydrogens (tertiary/aromatic N) is 1. The Balaban J connectivity index is 1.82. The minimum atomic E-state index is -3.25. The summed E-state index contributed by atoms with van der Waals surface area (Å²) in [4.78, 5) is 28.0. The molecule has 0 radical (unpaired) electrons. The second-order valence-corrected chi connectivity index (χ2v) is 8.90. The summed E-state index contributed by atoms with van der Waals surface area (Å²) < 4.78 is 24.2. The van der Waals surface area contributed by atoms with Crippen LogP contribution < -0.4 is 5.32 Å². The summed E-state index contributed by atoms with van der Waals surface area (Å²) in [5.74, 6) is -0.477. The number of nitrogens with one attached hydrogen (secondary N) is 1. The van der Waals surface area contributed by atoms with E-state index in [9.17, 15) is 18.0 Å². The molecule has 1 amide bonds. The van der Waals surface area contributed by atoms with Crippen LogP contribution in [0.4, 0.5) is 5.13 Å². The van der Waals surface area contributed by atoms with Gasteiger partial charge in [0.1, 0.15) is 0 Å². The standard InChI is InChI=1S/C17H20N2O4S2/c1-12-16(13(2)20)24-17(18-12)19-15(21)9-6-10-25(22,23)11-14-7-4-3-5-8-14/h3-5,7-8H,6,9-11H2,1-2H3,(H,18,19,21). The topological polar surface area (TPSA) is 93.2 Å². The maximum absolute atomic E-state index is 12.1. The maximum atomic E-state index is 12.1. The van der Waals surface area contributed by atoms with Crippen LogP contribution in [0, 0.1) is 6.92 Å². The zero-order valence-corrected chi connectivity index (χ0v) is 15.7. The molecule has 0 unspecified atom stereocenters. The van der Waals surface area contributed by atoms with Gasteiger partial charge >= 0.3 is 0 Å². The fraction of sp³-hybridized carbons (Fsp3) is 0.353. The molecular weight excluding hydrogens is 360 g/mol. The van der Waals surface area contributed by atoms with Gasteiger partial charge in [0.2, 0.25) is 5.91 Å². The number of carbonyl (C=O) groups excluding carboxylic acids is 2. The number of sulfone groups is 1. The zero-order valence-electron chi connectivity index (χ0n) is 14.1. The van der Waals surface area contributed by atoms with Gasteiger partial charge in [-0.2, -0.15) is 0 Å². The molecule has 0 spiro atoms. The molecule has 6 nitrogen and oxygen atoms in total. The van der Waals surface area contributed by atoms with Crippen molar-refractivity contribution in [2.75, 3.05) is 11.1 Å². The highest BCUT2D eigenvalue weighted by molar-refractivity contribution is 7.90. The van der Waals surface area contributed by atoms with E-state index in [1.807, 2.05) is 6.07 Å². The van der Waals surface area contributed by atoms with E-state index in [1.165, 1.54) is 6.92 Å². The van der Waals surface area contributed by atoms with Crippen LogP contribution in [-0.4, -0.2) is 30.8 Å². The molecule has 0 saturated carbocycles. The summed E-state index contributed by atoms with van der Waals surface area (Å²) in [6.45, 7) is 3.16. The quantitative estimate of drug-likeness (QED) is 0.711. The molecule has 25 heavy (non-hydrogen) atoms. The van der Waals surface area contributed by atoms with Crippen LogP contribution in [0.3, 0.4) is 0 Å². The SMILES string of the molecule is CC(=O)c1sc(NC(=O)CCCS(=O)(=O)Cc2ccccc2)nc1C. The van der Waals surface area contributed by atoms with Crippen LogP contribution in [0.15, 0.2) is 30.3 Å². The molecule has 1 aromatic carbocycles. The van der Waals surface area contributed by atoms with Gasteiger partial charge in [0.15, 0.2) is 20.8 Å². The molecule has 0 bridgehead atoms. The number of thiazole rings is 1. The third kappa shape index (κ3) is 6.06. The van der Waals surface area contributed by atoms with Crippen LogP contribution in [0.2, 0.25) is 0 Å². The van der Waals surface area contributed by atoms with Gasteiger partial charge < -0.3 is 5.32 Å². The minimum Gasteiger partial charge on any atom is -0.302 e. The number of ketones is 1. The number of rotatable bonds is 8. The summed E-state index contributed by atoms with van der Waals surface area (Å²) in [5, 5.41) is 2.98. The van der Waals surface area contributed by atoms with Gasteiger partial charge in [-0.05, 0) is 18.9 Å². The lowest BCUT2D eigenvalue weighted by Gasteiger charge is -2.05. The Morgan fingerprint density at radius 2 is 1.88 bits per heavy atom. The third-order valence-corrected chi connectivity index (χ3v) is 6.31. The highest BCUT2D eigenvalue weighted by Gasteiger charge is 2.15. The molecule has 0 aliphatic heterocycles. The van der Waals surface area contributed by atoms with Crippen molar-refractivity contribution < 1.29 is 18.0 Å². The van der Waals surface area contributed by atoms with Crippen LogP contribution in [0.1, 0.15) is 40.7 Å². The molecule has 0 aliphatic carbocycles. The fourth-order valence-corrected chi connectivity index (χ4v) is 4.62. The molecule has 2 rings (SSSR count). The largest absolute Gasteiger partial charge is 0.302 e. The van der Waals surface area contributed by atoms with Crippen LogP contribution in [0.5, 0.6) is 0 Å². The summed E-state index contributed by atoms with van der Waals surface area (Å²) >= 11 is 1.13. The Labute approximate surface area is 151 Å². The first-order valence-corrected chi connectivity index (χ1v) is 10.4. The molecule has 1 heterocycles. The van der Waals surface area contributed by atoms with Crippen molar-refractivity contribution in [3.8, 4) is 0 Å². The highest BCUT2D eigenvalue weighted by atomic mass is 32.2. The predicted molar refractivity (Wildman–Crippen MR) is 98.7 cm³/mol. The number of aryl methyl sites for hydroxylation is 1. The van der Waals surface area contributed by atoms with Gasteiger partial charge in [0.25, 0.3) is 0 Å². The number of anilines is 1. The Hall–Kier alpha value is -2.06. The first-order valence-electron chi connectivity index (χ1n) is 7.79. The average molecular weight is 380 g/mol. The lowest BCUT2D eigenvalue weighted by molar-refractivity contribution is -0.116. The van der Waals surface area contributed by atoms with E-state index in [1.54, 1.807) is 31.2 Å². The van der Waals surface area contributed by atoms with Crippen molar-refractivity contribution in [3.05, 3.63) is 46.5 Å². The van der Waals surface area contributed by atoms with Crippen LogP contribution in [0.25, 0.3) is 0 Å². The number of carbonyl (C=O) groups is 2. The summed E-state index contributed by atoms with van der Waals surface area (Å²) in [5.41, 5.74) is 1.32. The normalized spacial score (nSPS) is 11.3. The average Bonchev–Trinajstić information content (AvgIpc) is 2.88. The van der Waals surface area contributed by atoms with Gasteiger partial charge in [-0.15, -0.1) is 0 Å². The van der Waals surface area contributed by atoms with Crippen molar-refractivity contribution in [2.45, 2.75) is 32.4 Å². The predicted octanol–water partition coefficient (Wildman–Crippen LogP) is 2.99. The molecule has 0 saturated heterocycles. The number of benzene rings is 1. The number of hydrogen-bond donors (Lipinski definition) is 1. The van der Waals surface area contributed by atoms with E-state index < -0.39 is 9.84 Å². The van der Waals surface area contributed by atoms with Gasteiger partial charge in [-0.1, -0.05) is 41.7 Å². The Morgan fingerprint density at radius 1 is 1.20 bits per heavy atom. The number of hydrogen-bond acceptors (Lipinski definition) is 6. The Morgan fingerprint density at radius 3 is 2.48 bits per heavy atom. The summed E-state index contributed by atoms with van der Waals surface area (Å²) in [6.07, 6.45) is 0.326. The summed E-state index contributed by atoms with van der Waals surface area (Å²) in [7, 11) is -3.25. The van der Waals surface area contributed by atoms with E-state index in [0.29, 0.717) is 15.7 Å². The van der Waals surface area contributed by atoms with Crippen LogP contribution >= 0.6 is 11.3 Å². The van der Waals surface area contributed by atoms with E-state index >= 15 is 0 Å². The molecule has 8 heteroatoms. The molecule has 2 aromatic rings. The van der Waals surface area contributed by atoms with Crippen molar-refractivity contribution in [1.29, 1.82) is 0 Å². The van der Waals surface area contributed by atoms with E-state index in [4.69, 9.17) is 0 Å².